The number of esters is 1. The first kappa shape index (κ1) is 16.5. The van der Waals surface area contributed by atoms with Crippen LogP contribution in [0.4, 0.5) is 5.69 Å². The molecule has 7 heteroatoms. The van der Waals surface area contributed by atoms with E-state index in [0.717, 1.165) is 6.20 Å². The summed E-state index contributed by atoms with van der Waals surface area (Å²) in [5.74, 6) is -1.82. The van der Waals surface area contributed by atoms with Gasteiger partial charge >= 0.3 is 11.9 Å². The minimum Gasteiger partial charge on any atom is -0.481 e. The third-order valence-corrected chi connectivity index (χ3v) is 2.66. The molecule has 1 heterocycles. The lowest BCUT2D eigenvalue weighted by Gasteiger charge is -2.11. The van der Waals surface area contributed by atoms with Crippen LogP contribution in [0.15, 0.2) is 30.1 Å². The largest absolute Gasteiger partial charge is 0.481 e. The number of rotatable bonds is 7. The van der Waals surface area contributed by atoms with E-state index in [4.69, 9.17) is 14.6 Å². The van der Waals surface area contributed by atoms with Gasteiger partial charge in [-0.2, -0.15) is 0 Å². The number of methoxy groups -OCH3 is 1. The number of pyridine rings is 1. The number of carbonyl (C=O) groups is 2. The summed E-state index contributed by atoms with van der Waals surface area (Å²) in [7, 11) is 1.49. The Hall–Kier alpha value is -2.57. The Morgan fingerprint density at radius 1 is 1.48 bits per heavy atom. The number of carboxylic acids is 1. The first-order valence-corrected chi connectivity index (χ1v) is 6.39. The average molecular weight is 294 g/mol. The molecule has 0 fully saturated rings. The lowest BCUT2D eigenvalue weighted by molar-refractivity contribution is -0.147. The molecule has 114 valence electrons. The fourth-order valence-corrected chi connectivity index (χ4v) is 1.28. The van der Waals surface area contributed by atoms with Gasteiger partial charge in [-0.25, -0.2) is 14.6 Å². The van der Waals surface area contributed by atoms with Crippen LogP contribution in [0, 0.1) is 0 Å². The highest BCUT2D eigenvalue weighted by atomic mass is 16.5. The maximum Gasteiger partial charge on any atom is 0.347 e. The van der Waals surface area contributed by atoms with Crippen molar-refractivity contribution >= 4 is 17.6 Å². The van der Waals surface area contributed by atoms with Gasteiger partial charge in [-0.05, 0) is 19.4 Å². The molecule has 0 aliphatic rings. The number of carbonyl (C=O) groups excluding carboxylic acids is 1. The van der Waals surface area contributed by atoms with Crippen LogP contribution in [0.25, 0.3) is 0 Å². The summed E-state index contributed by atoms with van der Waals surface area (Å²) >= 11 is 0. The summed E-state index contributed by atoms with van der Waals surface area (Å²) in [6.07, 6.45) is 2.79. The van der Waals surface area contributed by atoms with E-state index in [1.54, 1.807) is 19.1 Å². The molecule has 1 aromatic rings. The van der Waals surface area contributed by atoms with Crippen molar-refractivity contribution in [3.8, 4) is 5.88 Å². The molecular formula is C14H18N2O5. The first-order valence-electron chi connectivity index (χ1n) is 6.39. The Kier molecular flexibility index (Phi) is 6.19. The molecule has 2 N–H and O–H groups in total. The Morgan fingerprint density at radius 3 is 2.67 bits per heavy atom. The van der Waals surface area contributed by atoms with Gasteiger partial charge in [0, 0.05) is 12.3 Å². The molecule has 0 aliphatic carbocycles. The zero-order valence-electron chi connectivity index (χ0n) is 12.1. The van der Waals surface area contributed by atoms with E-state index in [1.807, 2.05) is 6.92 Å². The molecule has 1 unspecified atom stereocenters. The van der Waals surface area contributed by atoms with Crippen molar-refractivity contribution in [2.75, 3.05) is 12.4 Å². The van der Waals surface area contributed by atoms with Gasteiger partial charge < -0.3 is 19.9 Å². The molecule has 1 aromatic heterocycles. The lowest BCUT2D eigenvalue weighted by Crippen LogP contribution is -2.21. The van der Waals surface area contributed by atoms with Crippen molar-refractivity contribution in [2.24, 2.45) is 0 Å². The van der Waals surface area contributed by atoms with Crippen LogP contribution in [0.2, 0.25) is 0 Å². The van der Waals surface area contributed by atoms with Gasteiger partial charge in [0.1, 0.15) is 0 Å². The van der Waals surface area contributed by atoms with Gasteiger partial charge in [0.2, 0.25) is 5.88 Å². The fraction of sp³-hybridized carbons (Fsp3) is 0.357. The molecular weight excluding hydrogens is 276 g/mol. The van der Waals surface area contributed by atoms with E-state index < -0.39 is 17.5 Å². The summed E-state index contributed by atoms with van der Waals surface area (Å²) in [5.41, 5.74) is 0.0389. The zero-order valence-corrected chi connectivity index (χ0v) is 12.1. The number of ether oxygens (including phenoxy) is 2. The highest BCUT2D eigenvalue weighted by Crippen LogP contribution is 2.12. The summed E-state index contributed by atoms with van der Waals surface area (Å²) in [6, 6.07) is 3.25. The number of hydrogen-bond acceptors (Lipinski definition) is 6. The number of anilines is 1. The predicted octanol–water partition coefficient (Wildman–Crippen LogP) is 1.81. The van der Waals surface area contributed by atoms with Crippen molar-refractivity contribution in [1.82, 2.24) is 4.98 Å². The van der Waals surface area contributed by atoms with Crippen LogP contribution >= 0.6 is 0 Å². The number of nitrogens with one attached hydrogen (secondary N) is 1. The second-order valence-corrected chi connectivity index (χ2v) is 4.22. The third-order valence-electron chi connectivity index (χ3n) is 2.66. The number of aromatic nitrogens is 1. The molecule has 0 spiro atoms. The standard InChI is InChI=1S/C14H18N2O5/c1-4-9(2)21-14(19)11(13(17)18)8-15-10-5-6-12(20-3)16-7-10/h5-9,15H,4H2,1-3H3,(H,17,18). The fourth-order valence-electron chi connectivity index (χ4n) is 1.28. The summed E-state index contributed by atoms with van der Waals surface area (Å²) in [5, 5.41) is 11.7. The Morgan fingerprint density at radius 2 is 2.19 bits per heavy atom. The quantitative estimate of drug-likeness (QED) is 0.342. The Balaban J connectivity index is 2.79. The topological polar surface area (TPSA) is 97.8 Å². The second-order valence-electron chi connectivity index (χ2n) is 4.22. The van der Waals surface area contributed by atoms with Gasteiger partial charge in [0.15, 0.2) is 5.57 Å². The molecule has 7 nitrogen and oxygen atoms in total. The molecule has 0 aromatic carbocycles. The molecule has 1 atom stereocenters. The lowest BCUT2D eigenvalue weighted by atomic mass is 10.2. The SMILES string of the molecule is CCC(C)OC(=O)C(=CNc1ccc(OC)nc1)C(=O)O. The molecule has 0 saturated heterocycles. The molecule has 1 rings (SSSR count). The predicted molar refractivity (Wildman–Crippen MR) is 76.0 cm³/mol. The monoisotopic (exact) mass is 294 g/mol. The molecule has 0 bridgehead atoms. The van der Waals surface area contributed by atoms with Crippen LogP contribution in [0.3, 0.4) is 0 Å². The first-order chi connectivity index (χ1) is 9.97. The maximum absolute atomic E-state index is 11.7. The minimum atomic E-state index is -1.36. The number of nitrogens with zero attached hydrogens (tertiary/aromatic N) is 1. The minimum absolute atomic E-state index is 0.345. The van der Waals surface area contributed by atoms with Gasteiger partial charge in [-0.1, -0.05) is 6.92 Å². The molecule has 0 saturated carbocycles. The van der Waals surface area contributed by atoms with Crippen molar-refractivity contribution in [1.29, 1.82) is 0 Å². The molecule has 21 heavy (non-hydrogen) atoms. The van der Waals surface area contributed by atoms with Crippen molar-refractivity contribution in [3.63, 3.8) is 0 Å². The van der Waals surface area contributed by atoms with E-state index >= 15 is 0 Å². The molecule has 0 radical (unpaired) electrons. The third kappa shape index (κ3) is 5.13. The van der Waals surface area contributed by atoms with Gasteiger partial charge in [0.25, 0.3) is 0 Å². The van der Waals surface area contributed by atoms with E-state index in [1.165, 1.54) is 13.3 Å². The summed E-state index contributed by atoms with van der Waals surface area (Å²) in [6.45, 7) is 3.53. The average Bonchev–Trinajstić information content (AvgIpc) is 2.47. The highest BCUT2D eigenvalue weighted by Gasteiger charge is 2.20. The van der Waals surface area contributed by atoms with Crippen LogP contribution in [0.5, 0.6) is 5.88 Å². The van der Waals surface area contributed by atoms with Crippen molar-refractivity contribution in [2.45, 2.75) is 26.4 Å². The number of hydrogen-bond donors (Lipinski definition) is 2. The van der Waals surface area contributed by atoms with Gasteiger partial charge in [-0.15, -0.1) is 0 Å². The van der Waals surface area contributed by atoms with Crippen LogP contribution in [0.1, 0.15) is 20.3 Å². The zero-order chi connectivity index (χ0) is 15.8. The van der Waals surface area contributed by atoms with E-state index in [9.17, 15) is 9.59 Å². The Labute approximate surface area is 122 Å². The van der Waals surface area contributed by atoms with Crippen LogP contribution < -0.4 is 10.1 Å². The normalized spacial score (nSPS) is 12.4. The maximum atomic E-state index is 11.7. The van der Waals surface area contributed by atoms with Crippen LogP contribution in [-0.2, 0) is 14.3 Å². The van der Waals surface area contributed by atoms with Gasteiger partial charge in [-0.3, -0.25) is 0 Å². The van der Waals surface area contributed by atoms with E-state index in [0.29, 0.717) is 18.0 Å². The summed E-state index contributed by atoms with van der Waals surface area (Å²) in [4.78, 5) is 26.8. The van der Waals surface area contributed by atoms with Gasteiger partial charge in [0.05, 0.1) is 25.1 Å². The number of aliphatic carboxylic acids is 1. The van der Waals surface area contributed by atoms with Crippen molar-refractivity contribution in [3.05, 3.63) is 30.1 Å². The number of carboxylic acid groups (broad SMARTS) is 1. The van der Waals surface area contributed by atoms with E-state index in [-0.39, 0.29) is 6.10 Å². The molecule has 0 aliphatic heterocycles. The Bertz CT molecular complexity index is 525. The second kappa shape index (κ2) is 7.88. The van der Waals surface area contributed by atoms with Crippen LogP contribution in [-0.4, -0.2) is 35.2 Å². The summed E-state index contributed by atoms with van der Waals surface area (Å²) < 4.78 is 9.89. The smallest absolute Gasteiger partial charge is 0.347 e. The van der Waals surface area contributed by atoms with E-state index in [2.05, 4.69) is 10.3 Å². The highest BCUT2D eigenvalue weighted by molar-refractivity contribution is 6.13. The molecule has 0 amide bonds. The van der Waals surface area contributed by atoms with Crippen molar-refractivity contribution < 1.29 is 24.2 Å².